The molecule has 0 aliphatic carbocycles. The SMILES string of the molecule is CCCC(=O)NCCN1C(=O)c2cnc3[nH]ncc3c2C1=O. The van der Waals surface area contributed by atoms with Crippen molar-refractivity contribution in [1.82, 2.24) is 25.4 Å². The van der Waals surface area contributed by atoms with Gasteiger partial charge in [0.15, 0.2) is 5.65 Å². The highest BCUT2D eigenvalue weighted by atomic mass is 16.2. The summed E-state index contributed by atoms with van der Waals surface area (Å²) in [6.07, 6.45) is 4.05. The number of hydrogen-bond acceptors (Lipinski definition) is 5. The van der Waals surface area contributed by atoms with Crippen molar-refractivity contribution in [2.45, 2.75) is 19.8 Å². The van der Waals surface area contributed by atoms with Gasteiger partial charge in [0.05, 0.1) is 22.7 Å². The molecule has 0 saturated carbocycles. The third-order valence-electron chi connectivity index (χ3n) is 3.55. The number of aromatic nitrogens is 3. The minimum Gasteiger partial charge on any atom is -0.354 e. The molecular formula is C14H15N5O3. The molecule has 2 aromatic rings. The number of carbonyl (C=O) groups excluding carboxylic acids is 3. The Balaban J connectivity index is 1.77. The molecule has 3 rings (SSSR count). The summed E-state index contributed by atoms with van der Waals surface area (Å²) in [4.78, 5) is 41.4. The van der Waals surface area contributed by atoms with Gasteiger partial charge in [-0.05, 0) is 6.42 Å². The first-order valence-electron chi connectivity index (χ1n) is 7.08. The summed E-state index contributed by atoms with van der Waals surface area (Å²) < 4.78 is 0. The molecule has 0 bridgehead atoms. The van der Waals surface area contributed by atoms with Crippen molar-refractivity contribution in [3.8, 4) is 0 Å². The number of nitrogens with one attached hydrogen (secondary N) is 2. The minimum atomic E-state index is -0.389. The van der Waals surface area contributed by atoms with Crippen LogP contribution < -0.4 is 5.32 Å². The van der Waals surface area contributed by atoms with E-state index < -0.39 is 0 Å². The molecule has 0 saturated heterocycles. The Bertz CT molecular complexity index is 767. The van der Waals surface area contributed by atoms with Gasteiger partial charge in [0.2, 0.25) is 5.91 Å². The average Bonchev–Trinajstić information content (AvgIpc) is 3.05. The van der Waals surface area contributed by atoms with E-state index in [2.05, 4.69) is 20.5 Å². The van der Waals surface area contributed by atoms with Crippen LogP contribution in [0.5, 0.6) is 0 Å². The Labute approximate surface area is 125 Å². The standard InChI is InChI=1S/C14H15N5O3/c1-2-3-10(20)15-4-5-19-13(21)9-6-16-12-8(7-17-18-12)11(9)14(19)22/h6-7H,2-5H2,1H3,(H,15,20)(H,16,17,18). The molecule has 0 fully saturated rings. The van der Waals surface area contributed by atoms with Crippen LogP contribution in [0.4, 0.5) is 0 Å². The van der Waals surface area contributed by atoms with Gasteiger partial charge in [-0.15, -0.1) is 0 Å². The van der Waals surface area contributed by atoms with E-state index in [-0.39, 0.29) is 36.4 Å². The van der Waals surface area contributed by atoms with Crippen molar-refractivity contribution < 1.29 is 14.4 Å². The highest BCUT2D eigenvalue weighted by Crippen LogP contribution is 2.27. The normalized spacial score (nSPS) is 13.8. The second-order valence-electron chi connectivity index (χ2n) is 5.04. The fourth-order valence-corrected chi connectivity index (χ4v) is 2.49. The molecule has 0 unspecified atom stereocenters. The first-order valence-corrected chi connectivity index (χ1v) is 7.08. The Morgan fingerprint density at radius 3 is 2.91 bits per heavy atom. The first kappa shape index (κ1) is 14.2. The third-order valence-corrected chi connectivity index (χ3v) is 3.55. The van der Waals surface area contributed by atoms with Crippen LogP contribution in [-0.4, -0.2) is 50.9 Å². The number of hydrogen-bond donors (Lipinski definition) is 2. The van der Waals surface area contributed by atoms with Gasteiger partial charge in [-0.1, -0.05) is 6.92 Å². The molecule has 0 radical (unpaired) electrons. The molecule has 8 heteroatoms. The van der Waals surface area contributed by atoms with Gasteiger partial charge < -0.3 is 5.32 Å². The molecule has 0 aromatic carbocycles. The molecule has 1 aliphatic rings. The van der Waals surface area contributed by atoms with Gasteiger partial charge in [-0.3, -0.25) is 24.4 Å². The summed E-state index contributed by atoms with van der Waals surface area (Å²) in [6.45, 7) is 2.29. The summed E-state index contributed by atoms with van der Waals surface area (Å²) in [7, 11) is 0. The number of fused-ring (bicyclic) bond motifs is 3. The fraction of sp³-hybridized carbons (Fsp3) is 0.357. The average molecular weight is 301 g/mol. The van der Waals surface area contributed by atoms with Crippen LogP contribution in [0.2, 0.25) is 0 Å². The van der Waals surface area contributed by atoms with E-state index in [1.54, 1.807) is 0 Å². The lowest BCUT2D eigenvalue weighted by atomic mass is 10.1. The zero-order chi connectivity index (χ0) is 15.7. The second kappa shape index (κ2) is 5.55. The monoisotopic (exact) mass is 301 g/mol. The van der Waals surface area contributed by atoms with Crippen LogP contribution in [-0.2, 0) is 4.79 Å². The molecular weight excluding hydrogens is 286 g/mol. The summed E-state index contributed by atoms with van der Waals surface area (Å²) >= 11 is 0. The number of carbonyl (C=O) groups is 3. The molecule has 3 heterocycles. The van der Waals surface area contributed by atoms with E-state index in [0.29, 0.717) is 23.0 Å². The van der Waals surface area contributed by atoms with Crippen molar-refractivity contribution in [3.05, 3.63) is 23.5 Å². The topological polar surface area (TPSA) is 108 Å². The fourth-order valence-electron chi connectivity index (χ4n) is 2.49. The van der Waals surface area contributed by atoms with Crippen LogP contribution in [0.25, 0.3) is 11.0 Å². The van der Waals surface area contributed by atoms with Gasteiger partial charge in [-0.2, -0.15) is 5.10 Å². The van der Waals surface area contributed by atoms with Crippen LogP contribution in [0.15, 0.2) is 12.4 Å². The Morgan fingerprint density at radius 1 is 1.32 bits per heavy atom. The summed E-state index contributed by atoms with van der Waals surface area (Å²) in [6, 6.07) is 0. The van der Waals surface area contributed by atoms with Crippen LogP contribution in [0.1, 0.15) is 40.5 Å². The van der Waals surface area contributed by atoms with Crippen LogP contribution in [0, 0.1) is 0 Å². The van der Waals surface area contributed by atoms with Gasteiger partial charge in [-0.25, -0.2) is 4.98 Å². The number of pyridine rings is 1. The van der Waals surface area contributed by atoms with E-state index in [9.17, 15) is 14.4 Å². The predicted molar refractivity (Wildman–Crippen MR) is 77.2 cm³/mol. The molecule has 8 nitrogen and oxygen atoms in total. The van der Waals surface area contributed by atoms with Crippen molar-refractivity contribution in [2.24, 2.45) is 0 Å². The van der Waals surface area contributed by atoms with Crippen molar-refractivity contribution >= 4 is 28.8 Å². The Kier molecular flexibility index (Phi) is 3.58. The zero-order valence-corrected chi connectivity index (χ0v) is 12.0. The van der Waals surface area contributed by atoms with Crippen LogP contribution >= 0.6 is 0 Å². The summed E-state index contributed by atoms with van der Waals surface area (Å²) in [5.41, 5.74) is 1.07. The summed E-state index contributed by atoms with van der Waals surface area (Å²) in [5, 5.41) is 9.74. The number of imide groups is 1. The lowest BCUT2D eigenvalue weighted by molar-refractivity contribution is -0.121. The minimum absolute atomic E-state index is 0.0852. The maximum absolute atomic E-state index is 12.4. The van der Waals surface area contributed by atoms with Gasteiger partial charge in [0.25, 0.3) is 11.8 Å². The third kappa shape index (κ3) is 2.22. The van der Waals surface area contributed by atoms with Gasteiger partial charge in [0, 0.05) is 25.7 Å². The number of aromatic amines is 1. The van der Waals surface area contributed by atoms with E-state index in [4.69, 9.17) is 0 Å². The number of rotatable bonds is 5. The molecule has 2 aromatic heterocycles. The zero-order valence-electron chi connectivity index (χ0n) is 12.0. The summed E-state index contributed by atoms with van der Waals surface area (Å²) in [5.74, 6) is -0.850. The molecule has 3 amide bonds. The lowest BCUT2D eigenvalue weighted by Crippen LogP contribution is -2.38. The van der Waals surface area contributed by atoms with E-state index in [1.165, 1.54) is 12.4 Å². The maximum atomic E-state index is 12.4. The van der Waals surface area contributed by atoms with Gasteiger partial charge in [0.1, 0.15) is 0 Å². The molecule has 2 N–H and O–H groups in total. The quantitative estimate of drug-likeness (QED) is 0.780. The molecule has 0 atom stereocenters. The highest BCUT2D eigenvalue weighted by Gasteiger charge is 2.37. The largest absolute Gasteiger partial charge is 0.354 e. The van der Waals surface area contributed by atoms with Crippen molar-refractivity contribution in [2.75, 3.05) is 13.1 Å². The number of amides is 3. The van der Waals surface area contributed by atoms with Gasteiger partial charge >= 0.3 is 0 Å². The smallest absolute Gasteiger partial charge is 0.263 e. The highest BCUT2D eigenvalue weighted by molar-refractivity contribution is 6.25. The Hall–Kier alpha value is -2.77. The molecule has 114 valence electrons. The number of H-pyrrole nitrogens is 1. The van der Waals surface area contributed by atoms with E-state index in [0.717, 1.165) is 11.3 Å². The second-order valence-corrected chi connectivity index (χ2v) is 5.04. The van der Waals surface area contributed by atoms with E-state index >= 15 is 0 Å². The molecule has 22 heavy (non-hydrogen) atoms. The molecule has 0 spiro atoms. The van der Waals surface area contributed by atoms with Crippen molar-refractivity contribution in [1.29, 1.82) is 0 Å². The first-order chi connectivity index (χ1) is 10.6. The number of nitrogens with zero attached hydrogens (tertiary/aromatic N) is 3. The Morgan fingerprint density at radius 2 is 2.14 bits per heavy atom. The van der Waals surface area contributed by atoms with Crippen molar-refractivity contribution in [3.63, 3.8) is 0 Å². The molecule has 1 aliphatic heterocycles. The predicted octanol–water partition coefficient (Wildman–Crippen LogP) is 0.470. The van der Waals surface area contributed by atoms with E-state index in [1.807, 2.05) is 6.92 Å². The van der Waals surface area contributed by atoms with Crippen LogP contribution in [0.3, 0.4) is 0 Å². The lowest BCUT2D eigenvalue weighted by Gasteiger charge is -2.14. The maximum Gasteiger partial charge on any atom is 0.263 e.